The Labute approximate surface area is 114 Å². The molecule has 0 radical (unpaired) electrons. The lowest BCUT2D eigenvalue weighted by Crippen LogP contribution is -2.41. The third-order valence-electron chi connectivity index (χ3n) is 3.26. The summed E-state index contributed by atoms with van der Waals surface area (Å²) in [7, 11) is 0. The third kappa shape index (κ3) is 3.66. The van der Waals surface area contributed by atoms with Crippen LogP contribution in [0.5, 0.6) is 0 Å². The van der Waals surface area contributed by atoms with E-state index in [9.17, 15) is 18.0 Å². The number of nitrogens with two attached hydrogens (primary N) is 1. The molecule has 0 spiro atoms. The number of hydrogen-bond acceptors (Lipinski definition) is 4. The molecule has 0 bridgehead atoms. The molecule has 1 amide bonds. The van der Waals surface area contributed by atoms with Crippen molar-refractivity contribution < 1.29 is 18.0 Å². The molecule has 1 aromatic rings. The fourth-order valence-corrected chi connectivity index (χ4v) is 2.51. The average Bonchev–Trinajstić information content (AvgIpc) is 2.37. The molecule has 20 heavy (non-hydrogen) atoms. The van der Waals surface area contributed by atoms with Crippen molar-refractivity contribution in [3.8, 4) is 0 Å². The summed E-state index contributed by atoms with van der Waals surface area (Å²) in [6.07, 6.45) is -0.163. The molecule has 0 saturated carbocycles. The lowest BCUT2D eigenvalue weighted by atomic mass is 9.93. The van der Waals surface area contributed by atoms with E-state index in [1.165, 1.54) is 17.3 Å². The second-order valence-electron chi connectivity index (χ2n) is 4.84. The van der Waals surface area contributed by atoms with Gasteiger partial charge in [-0.15, -0.1) is 0 Å². The normalized spacial score (nSPS) is 20.9. The molecule has 1 aromatic heterocycles. The van der Waals surface area contributed by atoms with Gasteiger partial charge in [-0.25, -0.2) is 4.98 Å². The van der Waals surface area contributed by atoms with E-state index >= 15 is 0 Å². The summed E-state index contributed by atoms with van der Waals surface area (Å²) < 4.78 is 37.3. The van der Waals surface area contributed by atoms with Gasteiger partial charge in [0.2, 0.25) is 0 Å². The Morgan fingerprint density at radius 3 is 2.75 bits per heavy atom. The van der Waals surface area contributed by atoms with Crippen LogP contribution in [0.2, 0.25) is 0 Å². The molecule has 1 fully saturated rings. The van der Waals surface area contributed by atoms with E-state index < -0.39 is 18.6 Å². The second kappa shape index (κ2) is 5.74. The molecular weight excluding hydrogens is 273 g/mol. The van der Waals surface area contributed by atoms with Gasteiger partial charge in [-0.2, -0.15) is 13.2 Å². The Morgan fingerprint density at radius 1 is 1.40 bits per heavy atom. The van der Waals surface area contributed by atoms with Crippen LogP contribution in [0.1, 0.15) is 34.9 Å². The highest BCUT2D eigenvalue weighted by molar-refractivity contribution is 5.91. The first-order chi connectivity index (χ1) is 9.37. The summed E-state index contributed by atoms with van der Waals surface area (Å²) in [6, 6.07) is 0. The van der Waals surface area contributed by atoms with Gasteiger partial charge in [-0.05, 0) is 19.4 Å². The minimum atomic E-state index is -4.23. The van der Waals surface area contributed by atoms with Gasteiger partial charge in [-0.3, -0.25) is 14.7 Å². The van der Waals surface area contributed by atoms with E-state index in [2.05, 4.69) is 9.97 Å². The number of carbonyl (C=O) groups is 1. The number of amides is 1. The molecule has 1 saturated heterocycles. The molecule has 1 atom stereocenters. The molecule has 1 aliphatic heterocycles. The van der Waals surface area contributed by atoms with Crippen molar-refractivity contribution in [3.63, 3.8) is 0 Å². The fraction of sp³-hybridized carbons (Fsp3) is 0.583. The van der Waals surface area contributed by atoms with Gasteiger partial charge in [0.25, 0.3) is 5.91 Å². The Hall–Kier alpha value is -1.70. The number of halogens is 3. The van der Waals surface area contributed by atoms with Crippen LogP contribution < -0.4 is 5.73 Å². The van der Waals surface area contributed by atoms with Crippen LogP contribution in [0.4, 0.5) is 13.2 Å². The number of likely N-dealkylation sites (tertiary alicyclic amines) is 1. The lowest BCUT2D eigenvalue weighted by Gasteiger charge is -2.33. The molecule has 2 heterocycles. The fourth-order valence-electron chi connectivity index (χ4n) is 2.51. The average molecular weight is 288 g/mol. The van der Waals surface area contributed by atoms with Crippen LogP contribution in [0, 0.1) is 0 Å². The maximum Gasteiger partial charge on any atom is 0.401 e. The van der Waals surface area contributed by atoms with Gasteiger partial charge < -0.3 is 5.73 Å². The number of rotatable bonds is 3. The van der Waals surface area contributed by atoms with E-state index in [0.717, 1.165) is 0 Å². The van der Waals surface area contributed by atoms with Gasteiger partial charge in [0.15, 0.2) is 0 Å². The maximum absolute atomic E-state index is 12.4. The van der Waals surface area contributed by atoms with Crippen LogP contribution in [0.15, 0.2) is 12.4 Å². The van der Waals surface area contributed by atoms with Crippen LogP contribution in [-0.2, 0) is 0 Å². The van der Waals surface area contributed by atoms with Gasteiger partial charge in [0, 0.05) is 24.9 Å². The highest BCUT2D eigenvalue weighted by Crippen LogP contribution is 2.28. The predicted octanol–water partition coefficient (Wildman–Crippen LogP) is 1.32. The molecule has 1 unspecified atom stereocenters. The van der Waals surface area contributed by atoms with E-state index in [1.807, 2.05) is 0 Å². The Bertz CT molecular complexity index is 492. The second-order valence-corrected chi connectivity index (χ2v) is 4.84. The molecule has 2 rings (SSSR count). The Morgan fingerprint density at radius 2 is 2.10 bits per heavy atom. The molecule has 2 N–H and O–H groups in total. The standard InChI is InChI=1S/C12H15F3N4O/c13-12(14,15)7-19-5-1-2-8(6-19)9-10(11(16)20)18-4-3-17-9/h3-4,8H,1-2,5-7H2,(H2,16,20). The van der Waals surface area contributed by atoms with Crippen LogP contribution in [-0.4, -0.2) is 46.6 Å². The van der Waals surface area contributed by atoms with Crippen molar-refractivity contribution in [2.75, 3.05) is 19.6 Å². The Balaban J connectivity index is 2.15. The summed E-state index contributed by atoms with van der Waals surface area (Å²) in [5, 5.41) is 0. The summed E-state index contributed by atoms with van der Waals surface area (Å²) in [6.45, 7) is -0.351. The van der Waals surface area contributed by atoms with Crippen LogP contribution in [0.25, 0.3) is 0 Å². The topological polar surface area (TPSA) is 72.1 Å². The van der Waals surface area contributed by atoms with Gasteiger partial charge >= 0.3 is 6.18 Å². The minimum Gasteiger partial charge on any atom is -0.364 e. The number of primary amides is 1. The number of aromatic nitrogens is 2. The number of hydrogen-bond donors (Lipinski definition) is 1. The first kappa shape index (κ1) is 14.7. The molecule has 110 valence electrons. The Kier molecular flexibility index (Phi) is 4.22. The van der Waals surface area contributed by atoms with Crippen molar-refractivity contribution in [2.24, 2.45) is 5.73 Å². The van der Waals surface area contributed by atoms with Gasteiger partial charge in [0.1, 0.15) is 5.69 Å². The quantitative estimate of drug-likeness (QED) is 0.910. The zero-order valence-electron chi connectivity index (χ0n) is 10.7. The summed E-state index contributed by atoms with van der Waals surface area (Å²) in [5.41, 5.74) is 5.67. The molecule has 0 aliphatic carbocycles. The van der Waals surface area contributed by atoms with Crippen molar-refractivity contribution >= 4 is 5.91 Å². The number of carbonyl (C=O) groups excluding carboxylic acids is 1. The van der Waals surface area contributed by atoms with E-state index in [-0.39, 0.29) is 18.2 Å². The number of piperidine rings is 1. The van der Waals surface area contributed by atoms with Crippen molar-refractivity contribution in [2.45, 2.75) is 24.9 Å². The summed E-state index contributed by atoms with van der Waals surface area (Å²) in [5.74, 6) is -0.955. The van der Waals surface area contributed by atoms with E-state index in [0.29, 0.717) is 25.1 Å². The van der Waals surface area contributed by atoms with E-state index in [4.69, 9.17) is 5.73 Å². The smallest absolute Gasteiger partial charge is 0.364 e. The highest BCUT2D eigenvalue weighted by atomic mass is 19.4. The molecule has 0 aromatic carbocycles. The third-order valence-corrected chi connectivity index (χ3v) is 3.26. The lowest BCUT2D eigenvalue weighted by molar-refractivity contribution is -0.148. The first-order valence-corrected chi connectivity index (χ1v) is 6.26. The molecular formula is C12H15F3N4O. The zero-order chi connectivity index (χ0) is 14.8. The minimum absolute atomic E-state index is 0.0476. The monoisotopic (exact) mass is 288 g/mol. The van der Waals surface area contributed by atoms with Gasteiger partial charge in [-0.1, -0.05) is 0 Å². The van der Waals surface area contributed by atoms with Crippen LogP contribution >= 0.6 is 0 Å². The van der Waals surface area contributed by atoms with Crippen molar-refractivity contribution in [1.82, 2.24) is 14.9 Å². The highest BCUT2D eigenvalue weighted by Gasteiger charge is 2.34. The first-order valence-electron chi connectivity index (χ1n) is 6.26. The number of nitrogens with zero attached hydrogens (tertiary/aromatic N) is 3. The predicted molar refractivity (Wildman–Crippen MR) is 65.0 cm³/mol. The molecule has 5 nitrogen and oxygen atoms in total. The van der Waals surface area contributed by atoms with E-state index in [1.54, 1.807) is 0 Å². The largest absolute Gasteiger partial charge is 0.401 e. The van der Waals surface area contributed by atoms with Crippen molar-refractivity contribution in [1.29, 1.82) is 0 Å². The molecule has 1 aliphatic rings. The van der Waals surface area contributed by atoms with Crippen molar-refractivity contribution in [3.05, 3.63) is 23.8 Å². The van der Waals surface area contributed by atoms with Crippen LogP contribution in [0.3, 0.4) is 0 Å². The van der Waals surface area contributed by atoms with Gasteiger partial charge in [0.05, 0.1) is 12.2 Å². The zero-order valence-corrected chi connectivity index (χ0v) is 10.7. The summed E-state index contributed by atoms with van der Waals surface area (Å²) in [4.78, 5) is 20.6. The number of alkyl halides is 3. The molecule has 8 heteroatoms. The SMILES string of the molecule is NC(=O)c1nccnc1C1CCCN(CC(F)(F)F)C1. The summed E-state index contributed by atoms with van der Waals surface area (Å²) >= 11 is 0. The maximum atomic E-state index is 12.4.